The Kier molecular flexibility index (Phi) is 6.89. The first-order valence-corrected chi connectivity index (χ1v) is 11.9. The first-order chi connectivity index (χ1) is 18.2. The number of benzene rings is 2. The zero-order chi connectivity index (χ0) is 26.9. The van der Waals surface area contributed by atoms with E-state index in [0.717, 1.165) is 22.2 Å². The number of amides is 1. The SMILES string of the molecule is Cc1cc(COc2ccc(N(C(=O)C(F)(F)F)C3CCOCC3c3n[nH]c(=O)[nH]3)cc2)c2ccccc2n1. The zero-order valence-corrected chi connectivity index (χ0v) is 20.3. The number of aromatic nitrogens is 4. The lowest BCUT2D eigenvalue weighted by molar-refractivity contribution is -0.171. The summed E-state index contributed by atoms with van der Waals surface area (Å²) < 4.78 is 52.4. The number of carbonyl (C=O) groups excluding carboxylic acids is 1. The number of nitrogens with one attached hydrogen (secondary N) is 2. The standard InChI is InChI=1S/C26H24F3N5O4/c1-15-12-16(19-4-2-3-5-21(19)30-15)13-38-18-8-6-17(7-9-18)34(24(35)26(27,28)29)22-10-11-37-14-20(22)23-31-25(36)33-32-23/h2-9,12,20,22H,10-11,13-14H2,1H3,(H2,31,32,33,36). The summed E-state index contributed by atoms with van der Waals surface area (Å²) in [5.41, 5.74) is 2.04. The minimum atomic E-state index is -5.11. The van der Waals surface area contributed by atoms with E-state index >= 15 is 0 Å². The van der Waals surface area contributed by atoms with E-state index in [1.54, 1.807) is 0 Å². The Balaban J connectivity index is 1.41. The van der Waals surface area contributed by atoms with Gasteiger partial charge in [0.05, 0.1) is 24.1 Å². The van der Waals surface area contributed by atoms with Crippen molar-refractivity contribution in [2.24, 2.45) is 0 Å². The van der Waals surface area contributed by atoms with E-state index in [2.05, 4.69) is 20.2 Å². The average molecular weight is 528 g/mol. The van der Waals surface area contributed by atoms with Crippen LogP contribution in [0.3, 0.4) is 0 Å². The third kappa shape index (κ3) is 5.25. The molecule has 1 amide bonds. The maximum atomic E-state index is 13.7. The van der Waals surface area contributed by atoms with Crippen molar-refractivity contribution in [1.29, 1.82) is 0 Å². The number of pyridine rings is 1. The number of anilines is 1. The maximum absolute atomic E-state index is 13.7. The predicted molar refractivity (Wildman–Crippen MR) is 132 cm³/mol. The van der Waals surface area contributed by atoms with Gasteiger partial charge < -0.3 is 14.4 Å². The van der Waals surface area contributed by atoms with E-state index in [1.165, 1.54) is 24.3 Å². The number of H-pyrrole nitrogens is 2. The van der Waals surface area contributed by atoms with Crippen LogP contribution >= 0.6 is 0 Å². The molecule has 198 valence electrons. The van der Waals surface area contributed by atoms with E-state index in [1.807, 2.05) is 37.3 Å². The Labute approximate surface area is 214 Å². The Morgan fingerprint density at radius 3 is 2.66 bits per heavy atom. The van der Waals surface area contributed by atoms with Crippen molar-refractivity contribution in [1.82, 2.24) is 20.2 Å². The smallest absolute Gasteiger partial charge is 0.471 e. The summed E-state index contributed by atoms with van der Waals surface area (Å²) in [7, 11) is 0. The molecule has 1 fully saturated rings. The van der Waals surface area contributed by atoms with Crippen LogP contribution in [-0.2, 0) is 16.1 Å². The monoisotopic (exact) mass is 527 g/mol. The molecular formula is C26H24F3N5O4. The average Bonchev–Trinajstić information content (AvgIpc) is 3.34. The minimum Gasteiger partial charge on any atom is -0.489 e. The highest BCUT2D eigenvalue weighted by molar-refractivity contribution is 5.98. The van der Waals surface area contributed by atoms with Gasteiger partial charge in [-0.1, -0.05) is 18.2 Å². The maximum Gasteiger partial charge on any atom is 0.471 e. The number of carbonyl (C=O) groups is 1. The van der Waals surface area contributed by atoms with Gasteiger partial charge in [-0.3, -0.25) is 14.8 Å². The molecule has 2 N–H and O–H groups in total. The number of nitrogens with zero attached hydrogens (tertiary/aromatic N) is 3. The van der Waals surface area contributed by atoms with E-state index in [9.17, 15) is 22.8 Å². The van der Waals surface area contributed by atoms with Crippen molar-refractivity contribution in [3.05, 3.63) is 82.2 Å². The molecule has 3 heterocycles. The summed E-state index contributed by atoms with van der Waals surface area (Å²) in [6, 6.07) is 14.5. The van der Waals surface area contributed by atoms with Crippen molar-refractivity contribution in [3.8, 4) is 5.75 Å². The van der Waals surface area contributed by atoms with Crippen LogP contribution < -0.4 is 15.3 Å². The minimum absolute atomic E-state index is 0.00635. The summed E-state index contributed by atoms with van der Waals surface area (Å²) in [4.78, 5) is 31.9. The van der Waals surface area contributed by atoms with Crippen LogP contribution in [0.1, 0.15) is 29.4 Å². The molecule has 0 radical (unpaired) electrons. The van der Waals surface area contributed by atoms with Crippen LogP contribution in [0.15, 0.2) is 59.4 Å². The van der Waals surface area contributed by atoms with E-state index < -0.39 is 29.7 Å². The number of ether oxygens (including phenoxy) is 2. The van der Waals surface area contributed by atoms with Crippen molar-refractivity contribution in [2.45, 2.75) is 38.1 Å². The summed E-state index contributed by atoms with van der Waals surface area (Å²) in [6.07, 6.45) is -4.99. The van der Waals surface area contributed by atoms with Crippen LogP contribution in [0, 0.1) is 6.92 Å². The van der Waals surface area contributed by atoms with Gasteiger partial charge in [-0.15, -0.1) is 0 Å². The van der Waals surface area contributed by atoms with Crippen LogP contribution in [0.25, 0.3) is 10.9 Å². The highest BCUT2D eigenvalue weighted by Crippen LogP contribution is 2.35. The Morgan fingerprint density at radius 1 is 1.18 bits per heavy atom. The molecule has 1 saturated heterocycles. The number of hydrogen-bond acceptors (Lipinski definition) is 6. The number of aryl methyl sites for hydroxylation is 1. The molecule has 2 aromatic carbocycles. The lowest BCUT2D eigenvalue weighted by Crippen LogP contribution is -2.52. The molecule has 0 saturated carbocycles. The summed E-state index contributed by atoms with van der Waals surface area (Å²) in [6.45, 7) is 2.26. The number of para-hydroxylation sites is 1. The molecule has 4 aromatic rings. The molecule has 5 rings (SSSR count). The second kappa shape index (κ2) is 10.3. The Morgan fingerprint density at radius 2 is 1.95 bits per heavy atom. The van der Waals surface area contributed by atoms with Crippen molar-refractivity contribution < 1.29 is 27.4 Å². The third-order valence-corrected chi connectivity index (χ3v) is 6.42. The molecule has 2 aromatic heterocycles. The van der Waals surface area contributed by atoms with Crippen molar-refractivity contribution in [2.75, 3.05) is 18.1 Å². The number of aromatic amines is 2. The topological polar surface area (TPSA) is 113 Å². The number of halogens is 3. The van der Waals surface area contributed by atoms with Gasteiger partial charge in [0.1, 0.15) is 18.2 Å². The molecule has 38 heavy (non-hydrogen) atoms. The van der Waals surface area contributed by atoms with Gasteiger partial charge in [-0.25, -0.2) is 9.89 Å². The van der Waals surface area contributed by atoms with Gasteiger partial charge in [0, 0.05) is 28.9 Å². The molecule has 1 aliphatic heterocycles. The van der Waals surface area contributed by atoms with Crippen LogP contribution in [0.2, 0.25) is 0 Å². The fourth-order valence-corrected chi connectivity index (χ4v) is 4.73. The normalized spacial score (nSPS) is 17.9. The number of alkyl halides is 3. The van der Waals surface area contributed by atoms with Crippen LogP contribution in [0.5, 0.6) is 5.75 Å². The predicted octanol–water partition coefficient (Wildman–Crippen LogP) is 4.00. The van der Waals surface area contributed by atoms with Crippen molar-refractivity contribution >= 4 is 22.5 Å². The van der Waals surface area contributed by atoms with E-state index in [-0.39, 0.29) is 37.8 Å². The summed E-state index contributed by atoms with van der Waals surface area (Å²) in [5.74, 6) is -2.24. The quantitative estimate of drug-likeness (QED) is 0.392. The molecule has 9 nitrogen and oxygen atoms in total. The van der Waals surface area contributed by atoms with E-state index in [0.29, 0.717) is 10.6 Å². The molecule has 0 spiro atoms. The second-order valence-electron chi connectivity index (χ2n) is 9.00. The molecular weight excluding hydrogens is 503 g/mol. The summed E-state index contributed by atoms with van der Waals surface area (Å²) >= 11 is 0. The lowest BCUT2D eigenvalue weighted by Gasteiger charge is -2.39. The highest BCUT2D eigenvalue weighted by Gasteiger charge is 2.48. The Hall–Kier alpha value is -4.19. The first-order valence-electron chi connectivity index (χ1n) is 11.9. The number of rotatable bonds is 6. The van der Waals surface area contributed by atoms with Crippen molar-refractivity contribution in [3.63, 3.8) is 0 Å². The van der Waals surface area contributed by atoms with Gasteiger partial charge in [-0.2, -0.15) is 18.3 Å². The fraction of sp³-hybridized carbons (Fsp3) is 0.308. The second-order valence-corrected chi connectivity index (χ2v) is 9.00. The molecule has 2 unspecified atom stereocenters. The highest BCUT2D eigenvalue weighted by atomic mass is 19.4. The summed E-state index contributed by atoms with van der Waals surface area (Å²) in [5, 5.41) is 7.02. The van der Waals surface area contributed by atoms with E-state index in [4.69, 9.17) is 9.47 Å². The van der Waals surface area contributed by atoms with Gasteiger partial charge >= 0.3 is 17.8 Å². The Bertz CT molecular complexity index is 1500. The molecule has 2 atom stereocenters. The van der Waals surface area contributed by atoms with Gasteiger partial charge in [-0.05, 0) is 49.7 Å². The van der Waals surface area contributed by atoms with Gasteiger partial charge in [0.25, 0.3) is 0 Å². The lowest BCUT2D eigenvalue weighted by atomic mass is 9.92. The number of hydrogen-bond donors (Lipinski definition) is 2. The van der Waals surface area contributed by atoms with Crippen LogP contribution in [0.4, 0.5) is 18.9 Å². The molecule has 1 aliphatic rings. The molecule has 0 aliphatic carbocycles. The van der Waals surface area contributed by atoms with Crippen LogP contribution in [-0.4, -0.2) is 51.5 Å². The largest absolute Gasteiger partial charge is 0.489 e. The first kappa shape index (κ1) is 25.5. The number of fused-ring (bicyclic) bond motifs is 1. The third-order valence-electron chi connectivity index (χ3n) is 6.42. The zero-order valence-electron chi connectivity index (χ0n) is 20.3. The van der Waals surface area contributed by atoms with Gasteiger partial charge in [0.2, 0.25) is 0 Å². The van der Waals surface area contributed by atoms with Gasteiger partial charge in [0.15, 0.2) is 0 Å². The molecule has 0 bridgehead atoms. The fourth-order valence-electron chi connectivity index (χ4n) is 4.73. The molecule has 12 heteroatoms.